The molecule has 1 aromatic heterocycles. The highest BCUT2D eigenvalue weighted by Crippen LogP contribution is 2.22. The fourth-order valence-electron chi connectivity index (χ4n) is 2.92. The number of nitrogens with zero attached hydrogens (tertiary/aromatic N) is 3. The van der Waals surface area contributed by atoms with Crippen LogP contribution in [0, 0.1) is 5.82 Å². The van der Waals surface area contributed by atoms with Gasteiger partial charge in [0.25, 0.3) is 0 Å². The van der Waals surface area contributed by atoms with E-state index in [-0.39, 0.29) is 29.5 Å². The van der Waals surface area contributed by atoms with Crippen LogP contribution in [-0.4, -0.2) is 42.1 Å². The Morgan fingerprint density at radius 2 is 1.81 bits per heavy atom. The van der Waals surface area contributed by atoms with Crippen LogP contribution in [0.4, 0.5) is 4.39 Å². The van der Waals surface area contributed by atoms with Gasteiger partial charge in [0.15, 0.2) is 0 Å². The summed E-state index contributed by atoms with van der Waals surface area (Å²) in [4.78, 5) is 18.5. The Bertz CT molecular complexity index is 1090. The van der Waals surface area contributed by atoms with Gasteiger partial charge in [-0.15, -0.1) is 0 Å². The second-order valence-electron chi connectivity index (χ2n) is 6.47. The predicted octanol–water partition coefficient (Wildman–Crippen LogP) is 2.80. The van der Waals surface area contributed by atoms with E-state index in [2.05, 4.69) is 4.98 Å². The minimum absolute atomic E-state index is 0.139. The quantitative estimate of drug-likeness (QED) is 0.673. The molecule has 1 heterocycles. The molecule has 1 atom stereocenters. The molecule has 0 bridgehead atoms. The number of fused-ring (bicyclic) bond motifs is 1. The van der Waals surface area contributed by atoms with E-state index < -0.39 is 9.84 Å². The van der Waals surface area contributed by atoms with Crippen molar-refractivity contribution in [2.24, 2.45) is 0 Å². The van der Waals surface area contributed by atoms with Gasteiger partial charge in [-0.25, -0.2) is 17.8 Å². The minimum atomic E-state index is -3.60. The number of hydrogen-bond acceptors (Lipinski definition) is 4. The average molecular weight is 389 g/mol. The van der Waals surface area contributed by atoms with Gasteiger partial charge in [-0.3, -0.25) is 4.79 Å². The first-order valence-corrected chi connectivity index (χ1v) is 10.2. The fourth-order valence-corrected chi connectivity index (χ4v) is 3.74. The SMILES string of the molecule is C[C@H](c1ccc(F)cc1)N(C)C(=O)Cn1c(S(C)(=O)=O)nc2ccccc21. The molecule has 0 aliphatic rings. The van der Waals surface area contributed by atoms with Crippen LogP contribution >= 0.6 is 0 Å². The minimum Gasteiger partial charge on any atom is -0.337 e. The number of benzene rings is 2. The molecular formula is C19H20FN3O3S. The number of aromatic nitrogens is 2. The second kappa shape index (κ2) is 7.11. The fraction of sp³-hybridized carbons (Fsp3) is 0.263. The monoisotopic (exact) mass is 389 g/mol. The zero-order valence-corrected chi connectivity index (χ0v) is 16.1. The molecule has 3 aromatic rings. The number of amides is 1. The maximum Gasteiger partial charge on any atom is 0.242 e. The molecule has 6 nitrogen and oxygen atoms in total. The van der Waals surface area contributed by atoms with E-state index in [1.54, 1.807) is 43.4 Å². The van der Waals surface area contributed by atoms with Gasteiger partial charge >= 0.3 is 0 Å². The smallest absolute Gasteiger partial charge is 0.242 e. The lowest BCUT2D eigenvalue weighted by Gasteiger charge is -2.26. The summed E-state index contributed by atoms with van der Waals surface area (Å²) in [6, 6.07) is 12.6. The number of rotatable bonds is 5. The number of carbonyl (C=O) groups excluding carboxylic acids is 1. The van der Waals surface area contributed by atoms with Crippen LogP contribution in [0.2, 0.25) is 0 Å². The molecule has 0 aliphatic carbocycles. The van der Waals surface area contributed by atoms with Crippen LogP contribution in [0.15, 0.2) is 53.7 Å². The Hall–Kier alpha value is -2.74. The predicted molar refractivity (Wildman–Crippen MR) is 100 cm³/mol. The molecule has 27 heavy (non-hydrogen) atoms. The number of halogens is 1. The number of sulfone groups is 1. The molecule has 3 rings (SSSR count). The second-order valence-corrected chi connectivity index (χ2v) is 8.38. The van der Waals surface area contributed by atoms with Crippen molar-refractivity contribution in [1.82, 2.24) is 14.5 Å². The summed E-state index contributed by atoms with van der Waals surface area (Å²) in [6.45, 7) is 1.67. The van der Waals surface area contributed by atoms with E-state index >= 15 is 0 Å². The summed E-state index contributed by atoms with van der Waals surface area (Å²) in [5, 5.41) is -0.139. The largest absolute Gasteiger partial charge is 0.337 e. The van der Waals surface area contributed by atoms with Gasteiger partial charge in [-0.1, -0.05) is 24.3 Å². The van der Waals surface area contributed by atoms with Gasteiger partial charge in [0.05, 0.1) is 17.1 Å². The highest BCUT2D eigenvalue weighted by molar-refractivity contribution is 7.90. The molecular weight excluding hydrogens is 369 g/mol. The molecule has 0 unspecified atom stereocenters. The average Bonchev–Trinajstić information content (AvgIpc) is 3.00. The van der Waals surface area contributed by atoms with Crippen molar-refractivity contribution in [1.29, 1.82) is 0 Å². The third kappa shape index (κ3) is 3.85. The van der Waals surface area contributed by atoms with Gasteiger partial charge in [-0.05, 0) is 36.8 Å². The van der Waals surface area contributed by atoms with Gasteiger partial charge in [0, 0.05) is 13.3 Å². The van der Waals surface area contributed by atoms with Crippen LogP contribution < -0.4 is 0 Å². The van der Waals surface area contributed by atoms with Crippen molar-refractivity contribution in [2.75, 3.05) is 13.3 Å². The molecule has 0 spiro atoms. The van der Waals surface area contributed by atoms with Crippen molar-refractivity contribution in [3.05, 3.63) is 59.9 Å². The lowest BCUT2D eigenvalue weighted by atomic mass is 10.1. The van der Waals surface area contributed by atoms with Crippen LogP contribution in [0.5, 0.6) is 0 Å². The molecule has 0 aliphatic heterocycles. The number of imidazole rings is 1. The molecule has 2 aromatic carbocycles. The summed E-state index contributed by atoms with van der Waals surface area (Å²) in [6.07, 6.45) is 1.07. The highest BCUT2D eigenvalue weighted by Gasteiger charge is 2.24. The van der Waals surface area contributed by atoms with Crippen molar-refractivity contribution >= 4 is 26.8 Å². The number of likely N-dealkylation sites (N-methyl/N-ethyl adjacent to an activating group) is 1. The Morgan fingerprint density at radius 1 is 1.19 bits per heavy atom. The van der Waals surface area contributed by atoms with E-state index in [1.165, 1.54) is 21.6 Å². The van der Waals surface area contributed by atoms with Gasteiger partial charge < -0.3 is 9.47 Å². The summed E-state index contributed by atoms with van der Waals surface area (Å²) in [5.74, 6) is -0.623. The Labute approximate surface area is 157 Å². The zero-order chi connectivity index (χ0) is 19.8. The third-order valence-electron chi connectivity index (χ3n) is 4.57. The summed E-state index contributed by atoms with van der Waals surface area (Å²) >= 11 is 0. The van der Waals surface area contributed by atoms with E-state index in [1.807, 2.05) is 6.92 Å². The maximum absolute atomic E-state index is 13.1. The number of para-hydroxylation sites is 2. The van der Waals surface area contributed by atoms with Crippen molar-refractivity contribution in [2.45, 2.75) is 24.7 Å². The summed E-state index contributed by atoms with van der Waals surface area (Å²) in [5.41, 5.74) is 1.88. The van der Waals surface area contributed by atoms with Crippen LogP contribution in [-0.2, 0) is 21.2 Å². The van der Waals surface area contributed by atoms with E-state index in [0.29, 0.717) is 11.0 Å². The normalized spacial score (nSPS) is 12.9. The van der Waals surface area contributed by atoms with Gasteiger partial charge in [0.1, 0.15) is 12.4 Å². The molecule has 142 valence electrons. The third-order valence-corrected chi connectivity index (χ3v) is 5.55. The molecule has 0 saturated heterocycles. The number of carbonyl (C=O) groups is 1. The van der Waals surface area contributed by atoms with E-state index in [4.69, 9.17) is 0 Å². The van der Waals surface area contributed by atoms with Crippen LogP contribution in [0.25, 0.3) is 11.0 Å². The lowest BCUT2D eigenvalue weighted by molar-refractivity contribution is -0.132. The molecule has 0 N–H and O–H groups in total. The zero-order valence-electron chi connectivity index (χ0n) is 15.3. The van der Waals surface area contributed by atoms with Crippen molar-refractivity contribution in [3.8, 4) is 0 Å². The molecule has 0 fully saturated rings. The van der Waals surface area contributed by atoms with Crippen LogP contribution in [0.1, 0.15) is 18.5 Å². The standard InChI is InChI=1S/C19H20FN3O3S/c1-13(14-8-10-15(20)11-9-14)22(2)18(24)12-23-17-7-5-4-6-16(17)21-19(23)27(3,25)26/h4-11,13H,12H2,1-3H3/t13-/m1/s1. The van der Waals surface area contributed by atoms with Gasteiger partial charge in [-0.2, -0.15) is 0 Å². The highest BCUT2D eigenvalue weighted by atomic mass is 32.2. The van der Waals surface area contributed by atoms with E-state index in [0.717, 1.165) is 11.8 Å². The molecule has 0 radical (unpaired) electrons. The molecule has 0 saturated carbocycles. The number of hydrogen-bond donors (Lipinski definition) is 0. The van der Waals surface area contributed by atoms with Gasteiger partial charge in [0.2, 0.25) is 20.9 Å². The summed E-state index contributed by atoms with van der Waals surface area (Å²) in [7, 11) is -1.97. The first-order valence-electron chi connectivity index (χ1n) is 8.35. The lowest BCUT2D eigenvalue weighted by Crippen LogP contribution is -2.33. The van der Waals surface area contributed by atoms with Crippen LogP contribution in [0.3, 0.4) is 0 Å². The Morgan fingerprint density at radius 3 is 2.44 bits per heavy atom. The van der Waals surface area contributed by atoms with E-state index in [9.17, 15) is 17.6 Å². The first kappa shape index (κ1) is 19.0. The molecule has 1 amide bonds. The summed E-state index contributed by atoms with van der Waals surface area (Å²) < 4.78 is 38.8. The van der Waals surface area contributed by atoms with Crippen molar-refractivity contribution in [3.63, 3.8) is 0 Å². The van der Waals surface area contributed by atoms with Crippen molar-refractivity contribution < 1.29 is 17.6 Å². The first-order chi connectivity index (χ1) is 12.7. The maximum atomic E-state index is 13.1. The molecule has 8 heteroatoms. The Balaban J connectivity index is 1.92. The Kier molecular flexibility index (Phi) is 5.01. The topological polar surface area (TPSA) is 72.3 Å².